The maximum atomic E-state index is 11.1. The third kappa shape index (κ3) is 3.71. The SMILES string of the molecule is COc1ccc(NC(C)=O)cc1NCc1cccnc1. The standard InChI is InChI=1S/C15H17N3O2/c1-11(19)18-13-5-6-15(20-2)14(8-13)17-10-12-4-3-7-16-9-12/h3-9,17H,10H2,1-2H3,(H,18,19). The first-order valence-electron chi connectivity index (χ1n) is 6.27. The fourth-order valence-corrected chi connectivity index (χ4v) is 1.83. The van der Waals surface area contributed by atoms with Crippen LogP contribution >= 0.6 is 0 Å². The lowest BCUT2D eigenvalue weighted by Crippen LogP contribution is -2.07. The molecule has 0 aliphatic carbocycles. The van der Waals surface area contributed by atoms with Crippen LogP contribution in [0.4, 0.5) is 11.4 Å². The van der Waals surface area contributed by atoms with E-state index in [0.29, 0.717) is 6.54 Å². The molecule has 2 rings (SSSR count). The third-order valence-corrected chi connectivity index (χ3v) is 2.73. The van der Waals surface area contributed by atoms with E-state index in [9.17, 15) is 4.79 Å². The van der Waals surface area contributed by atoms with Crippen molar-refractivity contribution in [2.45, 2.75) is 13.5 Å². The van der Waals surface area contributed by atoms with Gasteiger partial charge in [-0.2, -0.15) is 0 Å². The number of pyridine rings is 1. The number of hydrogen-bond donors (Lipinski definition) is 2. The molecule has 5 nitrogen and oxygen atoms in total. The zero-order valence-corrected chi connectivity index (χ0v) is 11.5. The Morgan fingerprint density at radius 1 is 1.35 bits per heavy atom. The van der Waals surface area contributed by atoms with Gasteiger partial charge in [-0.05, 0) is 29.8 Å². The topological polar surface area (TPSA) is 63.2 Å². The molecule has 0 radical (unpaired) electrons. The van der Waals surface area contributed by atoms with Gasteiger partial charge in [0.15, 0.2) is 0 Å². The van der Waals surface area contributed by atoms with Gasteiger partial charge in [-0.25, -0.2) is 0 Å². The Labute approximate surface area is 118 Å². The first kappa shape index (κ1) is 13.9. The molecule has 0 saturated heterocycles. The van der Waals surface area contributed by atoms with Gasteiger partial charge in [0.2, 0.25) is 5.91 Å². The van der Waals surface area contributed by atoms with E-state index in [2.05, 4.69) is 15.6 Å². The number of nitrogens with one attached hydrogen (secondary N) is 2. The maximum Gasteiger partial charge on any atom is 0.221 e. The number of carbonyl (C=O) groups excluding carboxylic acids is 1. The van der Waals surface area contributed by atoms with Gasteiger partial charge in [0.1, 0.15) is 5.75 Å². The van der Waals surface area contributed by atoms with Crippen molar-refractivity contribution in [2.24, 2.45) is 0 Å². The van der Waals surface area contributed by atoms with Crippen LogP contribution in [0.2, 0.25) is 0 Å². The molecule has 0 atom stereocenters. The van der Waals surface area contributed by atoms with Crippen molar-refractivity contribution >= 4 is 17.3 Å². The molecule has 20 heavy (non-hydrogen) atoms. The summed E-state index contributed by atoms with van der Waals surface area (Å²) in [6.45, 7) is 2.11. The van der Waals surface area contributed by atoms with E-state index >= 15 is 0 Å². The fourth-order valence-electron chi connectivity index (χ4n) is 1.83. The lowest BCUT2D eigenvalue weighted by Gasteiger charge is -2.13. The van der Waals surface area contributed by atoms with Crippen LogP contribution in [0.5, 0.6) is 5.75 Å². The van der Waals surface area contributed by atoms with Crippen molar-refractivity contribution in [3.8, 4) is 5.75 Å². The fraction of sp³-hybridized carbons (Fsp3) is 0.200. The predicted molar refractivity (Wildman–Crippen MR) is 78.9 cm³/mol. The number of nitrogens with zero attached hydrogens (tertiary/aromatic N) is 1. The Morgan fingerprint density at radius 2 is 2.20 bits per heavy atom. The first-order chi connectivity index (χ1) is 9.69. The lowest BCUT2D eigenvalue weighted by molar-refractivity contribution is -0.114. The highest BCUT2D eigenvalue weighted by Crippen LogP contribution is 2.28. The smallest absolute Gasteiger partial charge is 0.221 e. The highest BCUT2D eigenvalue weighted by molar-refractivity contribution is 5.89. The lowest BCUT2D eigenvalue weighted by atomic mass is 10.2. The van der Waals surface area contributed by atoms with E-state index < -0.39 is 0 Å². The Hall–Kier alpha value is -2.56. The van der Waals surface area contributed by atoms with Crippen molar-refractivity contribution in [2.75, 3.05) is 17.7 Å². The molecule has 1 aromatic carbocycles. The van der Waals surface area contributed by atoms with E-state index in [1.807, 2.05) is 24.3 Å². The van der Waals surface area contributed by atoms with Crippen LogP contribution in [0, 0.1) is 0 Å². The van der Waals surface area contributed by atoms with Crippen LogP contribution in [0.25, 0.3) is 0 Å². The molecule has 0 aliphatic heterocycles. The van der Waals surface area contributed by atoms with Crippen LogP contribution in [-0.2, 0) is 11.3 Å². The first-order valence-corrected chi connectivity index (χ1v) is 6.27. The molecule has 0 spiro atoms. The number of rotatable bonds is 5. The monoisotopic (exact) mass is 271 g/mol. The summed E-state index contributed by atoms with van der Waals surface area (Å²) in [5.41, 5.74) is 2.62. The number of carbonyl (C=O) groups is 1. The average Bonchev–Trinajstić information content (AvgIpc) is 2.46. The molecule has 0 fully saturated rings. The van der Waals surface area contributed by atoms with Crippen LogP contribution in [0.3, 0.4) is 0 Å². The Kier molecular flexibility index (Phi) is 4.55. The van der Waals surface area contributed by atoms with Gasteiger partial charge in [0.25, 0.3) is 0 Å². The van der Waals surface area contributed by atoms with Gasteiger partial charge in [0, 0.05) is 31.5 Å². The second-order valence-corrected chi connectivity index (χ2v) is 4.31. The van der Waals surface area contributed by atoms with Crippen LogP contribution in [0.15, 0.2) is 42.7 Å². The van der Waals surface area contributed by atoms with Gasteiger partial charge in [-0.15, -0.1) is 0 Å². The molecule has 0 unspecified atom stereocenters. The molecule has 2 N–H and O–H groups in total. The Morgan fingerprint density at radius 3 is 2.85 bits per heavy atom. The van der Waals surface area contributed by atoms with Crippen molar-refractivity contribution in [1.82, 2.24) is 4.98 Å². The van der Waals surface area contributed by atoms with Crippen molar-refractivity contribution in [1.29, 1.82) is 0 Å². The Balaban J connectivity index is 2.13. The van der Waals surface area contributed by atoms with E-state index in [0.717, 1.165) is 22.7 Å². The van der Waals surface area contributed by atoms with Gasteiger partial charge in [-0.3, -0.25) is 9.78 Å². The molecule has 0 saturated carbocycles. The second-order valence-electron chi connectivity index (χ2n) is 4.31. The zero-order chi connectivity index (χ0) is 14.4. The van der Waals surface area contributed by atoms with Crippen molar-refractivity contribution in [3.05, 3.63) is 48.3 Å². The van der Waals surface area contributed by atoms with Gasteiger partial charge in [0.05, 0.1) is 12.8 Å². The van der Waals surface area contributed by atoms with Crippen molar-refractivity contribution < 1.29 is 9.53 Å². The van der Waals surface area contributed by atoms with E-state index in [1.54, 1.807) is 25.6 Å². The summed E-state index contributed by atoms with van der Waals surface area (Å²) in [5, 5.41) is 6.03. The number of ether oxygens (including phenoxy) is 1. The number of hydrogen-bond acceptors (Lipinski definition) is 4. The minimum atomic E-state index is -0.103. The number of aromatic nitrogens is 1. The van der Waals surface area contributed by atoms with Crippen molar-refractivity contribution in [3.63, 3.8) is 0 Å². The van der Waals surface area contributed by atoms with Crippen LogP contribution < -0.4 is 15.4 Å². The third-order valence-electron chi connectivity index (χ3n) is 2.73. The molecule has 2 aromatic rings. The number of anilines is 2. The summed E-state index contributed by atoms with van der Waals surface area (Å²) in [7, 11) is 1.61. The van der Waals surface area contributed by atoms with Crippen LogP contribution in [0.1, 0.15) is 12.5 Å². The summed E-state index contributed by atoms with van der Waals surface area (Å²) in [4.78, 5) is 15.2. The normalized spacial score (nSPS) is 9.90. The van der Waals surface area contributed by atoms with E-state index in [4.69, 9.17) is 4.74 Å². The Bertz CT molecular complexity index is 585. The van der Waals surface area contributed by atoms with Gasteiger partial charge in [-0.1, -0.05) is 6.07 Å². The molecular weight excluding hydrogens is 254 g/mol. The summed E-state index contributed by atoms with van der Waals surface area (Å²) in [6.07, 6.45) is 3.54. The highest BCUT2D eigenvalue weighted by Gasteiger charge is 2.05. The largest absolute Gasteiger partial charge is 0.495 e. The molecule has 1 amide bonds. The van der Waals surface area contributed by atoms with E-state index in [1.165, 1.54) is 6.92 Å². The molecule has 0 aliphatic rings. The molecule has 0 bridgehead atoms. The summed E-state index contributed by atoms with van der Waals surface area (Å²) >= 11 is 0. The second kappa shape index (κ2) is 6.56. The van der Waals surface area contributed by atoms with E-state index in [-0.39, 0.29) is 5.91 Å². The number of methoxy groups -OCH3 is 1. The molecule has 104 valence electrons. The summed E-state index contributed by atoms with van der Waals surface area (Å²) < 4.78 is 5.30. The highest BCUT2D eigenvalue weighted by atomic mass is 16.5. The minimum absolute atomic E-state index is 0.103. The average molecular weight is 271 g/mol. The summed E-state index contributed by atoms with van der Waals surface area (Å²) in [5.74, 6) is 0.622. The molecule has 1 heterocycles. The van der Waals surface area contributed by atoms with Gasteiger partial charge >= 0.3 is 0 Å². The zero-order valence-electron chi connectivity index (χ0n) is 11.5. The molecular formula is C15H17N3O2. The predicted octanol–water partition coefficient (Wildman–Crippen LogP) is 2.66. The minimum Gasteiger partial charge on any atom is -0.495 e. The number of amides is 1. The quantitative estimate of drug-likeness (QED) is 0.877. The molecule has 5 heteroatoms. The summed E-state index contributed by atoms with van der Waals surface area (Å²) in [6, 6.07) is 9.34. The van der Waals surface area contributed by atoms with Gasteiger partial charge < -0.3 is 15.4 Å². The number of benzene rings is 1. The maximum absolute atomic E-state index is 11.1. The molecule has 1 aromatic heterocycles. The van der Waals surface area contributed by atoms with Crippen LogP contribution in [-0.4, -0.2) is 18.0 Å².